The molecule has 0 aromatic heterocycles. The number of methoxy groups -OCH3 is 1. The first-order valence-electron chi connectivity index (χ1n) is 5.48. The summed E-state index contributed by atoms with van der Waals surface area (Å²) in [7, 11) is 1.23. The van der Waals surface area contributed by atoms with Crippen molar-refractivity contribution in [3.63, 3.8) is 0 Å². The second-order valence-electron chi connectivity index (χ2n) is 4.93. The Morgan fingerprint density at radius 1 is 1.28 bits per heavy atom. The molecule has 1 aromatic rings. The van der Waals surface area contributed by atoms with Crippen LogP contribution in [0.4, 0.5) is 5.69 Å². The number of carbonyl (C=O) groups is 2. The van der Waals surface area contributed by atoms with E-state index in [0.717, 1.165) is 0 Å². The number of aromatic hydroxyl groups is 1. The second-order valence-corrected chi connectivity index (χ2v) is 4.93. The highest BCUT2D eigenvalue weighted by molar-refractivity contribution is 5.97. The molecule has 5 nitrogen and oxygen atoms in total. The van der Waals surface area contributed by atoms with Crippen molar-refractivity contribution in [3.05, 3.63) is 23.8 Å². The number of carbonyl (C=O) groups excluding carboxylic acids is 2. The van der Waals surface area contributed by atoms with Crippen molar-refractivity contribution >= 4 is 17.6 Å². The zero-order valence-corrected chi connectivity index (χ0v) is 10.9. The molecular formula is C13H17NO4. The van der Waals surface area contributed by atoms with Crippen LogP contribution >= 0.6 is 0 Å². The zero-order chi connectivity index (χ0) is 13.9. The molecule has 1 aromatic carbocycles. The maximum atomic E-state index is 11.7. The molecule has 1 amide bonds. The van der Waals surface area contributed by atoms with E-state index in [1.54, 1.807) is 20.8 Å². The van der Waals surface area contributed by atoms with Crippen molar-refractivity contribution in [2.24, 2.45) is 5.41 Å². The first-order chi connectivity index (χ1) is 8.25. The van der Waals surface area contributed by atoms with Gasteiger partial charge in [0.25, 0.3) is 0 Å². The summed E-state index contributed by atoms with van der Waals surface area (Å²) < 4.78 is 4.51. The van der Waals surface area contributed by atoms with Gasteiger partial charge in [-0.1, -0.05) is 20.8 Å². The molecule has 0 aliphatic rings. The number of nitrogens with one attached hydrogen (secondary N) is 1. The Morgan fingerprint density at radius 2 is 1.89 bits per heavy atom. The molecule has 1 rings (SSSR count). The van der Waals surface area contributed by atoms with Gasteiger partial charge in [-0.05, 0) is 12.1 Å². The number of phenols is 1. The third-order valence-electron chi connectivity index (χ3n) is 2.34. The van der Waals surface area contributed by atoms with Gasteiger partial charge in [-0.15, -0.1) is 0 Å². The van der Waals surface area contributed by atoms with Gasteiger partial charge in [0.05, 0.1) is 7.11 Å². The van der Waals surface area contributed by atoms with Crippen LogP contribution in [0.2, 0.25) is 0 Å². The first-order valence-corrected chi connectivity index (χ1v) is 5.48. The van der Waals surface area contributed by atoms with E-state index in [4.69, 9.17) is 0 Å². The largest absolute Gasteiger partial charge is 0.507 e. The molecule has 98 valence electrons. The normalized spacial score (nSPS) is 10.9. The SMILES string of the molecule is COC(=O)c1ccc(NC(=O)C(C)(C)C)cc1O. The van der Waals surface area contributed by atoms with Crippen LogP contribution in [-0.2, 0) is 9.53 Å². The molecule has 2 N–H and O–H groups in total. The van der Waals surface area contributed by atoms with Crippen LogP contribution in [0.1, 0.15) is 31.1 Å². The van der Waals surface area contributed by atoms with E-state index in [2.05, 4.69) is 10.1 Å². The maximum absolute atomic E-state index is 11.7. The molecule has 0 radical (unpaired) electrons. The number of rotatable bonds is 2. The molecule has 18 heavy (non-hydrogen) atoms. The summed E-state index contributed by atoms with van der Waals surface area (Å²) in [4.78, 5) is 23.0. The van der Waals surface area contributed by atoms with E-state index >= 15 is 0 Å². The monoisotopic (exact) mass is 251 g/mol. The summed E-state index contributed by atoms with van der Waals surface area (Å²) in [6.45, 7) is 5.35. The van der Waals surface area contributed by atoms with Crippen LogP contribution in [0.3, 0.4) is 0 Å². The van der Waals surface area contributed by atoms with Crippen LogP contribution in [0.5, 0.6) is 5.75 Å². The topological polar surface area (TPSA) is 75.6 Å². The van der Waals surface area contributed by atoms with Gasteiger partial charge in [0.1, 0.15) is 11.3 Å². The Kier molecular flexibility index (Phi) is 3.96. The fourth-order valence-corrected chi connectivity index (χ4v) is 1.21. The minimum absolute atomic E-state index is 0.0613. The van der Waals surface area contributed by atoms with Gasteiger partial charge in [0, 0.05) is 17.2 Å². The summed E-state index contributed by atoms with van der Waals surface area (Å²) in [6, 6.07) is 4.25. The summed E-state index contributed by atoms with van der Waals surface area (Å²) in [5.74, 6) is -1.03. The van der Waals surface area contributed by atoms with Crippen molar-refractivity contribution in [3.8, 4) is 5.75 Å². The smallest absolute Gasteiger partial charge is 0.341 e. The Labute approximate surface area is 106 Å². The lowest BCUT2D eigenvalue weighted by molar-refractivity contribution is -0.123. The Bertz CT molecular complexity index is 474. The van der Waals surface area contributed by atoms with E-state index in [9.17, 15) is 14.7 Å². The van der Waals surface area contributed by atoms with Crippen LogP contribution in [-0.4, -0.2) is 24.1 Å². The zero-order valence-electron chi connectivity index (χ0n) is 10.9. The van der Waals surface area contributed by atoms with Gasteiger partial charge in [-0.25, -0.2) is 4.79 Å². The highest BCUT2D eigenvalue weighted by Crippen LogP contribution is 2.24. The highest BCUT2D eigenvalue weighted by Gasteiger charge is 2.21. The first kappa shape index (κ1) is 14.0. The summed E-state index contributed by atoms with van der Waals surface area (Å²) in [5.41, 5.74) is -0.0391. The standard InChI is InChI=1S/C13H17NO4/c1-13(2,3)12(17)14-8-5-6-9(10(15)7-8)11(16)18-4/h5-7,15H,1-4H3,(H,14,17). The van der Waals surface area contributed by atoms with Crippen molar-refractivity contribution in [1.29, 1.82) is 0 Å². The number of hydrogen-bond acceptors (Lipinski definition) is 4. The molecule has 0 aliphatic carbocycles. The summed E-state index contributed by atoms with van der Waals surface area (Å²) in [5, 5.41) is 12.3. The molecule has 0 unspecified atom stereocenters. The molecule has 0 bridgehead atoms. The quantitative estimate of drug-likeness (QED) is 0.790. The fourth-order valence-electron chi connectivity index (χ4n) is 1.21. The van der Waals surface area contributed by atoms with Crippen molar-refractivity contribution in [1.82, 2.24) is 0 Å². The lowest BCUT2D eigenvalue weighted by atomic mass is 9.95. The average molecular weight is 251 g/mol. The van der Waals surface area contributed by atoms with Crippen molar-refractivity contribution in [2.45, 2.75) is 20.8 Å². The molecule has 0 aliphatic heterocycles. The van der Waals surface area contributed by atoms with Gasteiger partial charge in [0.15, 0.2) is 0 Å². The Balaban J connectivity index is 2.92. The van der Waals surface area contributed by atoms with E-state index in [-0.39, 0.29) is 17.2 Å². The van der Waals surface area contributed by atoms with E-state index in [1.165, 1.54) is 25.3 Å². The number of amides is 1. The van der Waals surface area contributed by atoms with Gasteiger partial charge in [-0.2, -0.15) is 0 Å². The third kappa shape index (κ3) is 3.23. The molecule has 0 atom stereocenters. The summed E-state index contributed by atoms with van der Waals surface area (Å²) >= 11 is 0. The van der Waals surface area contributed by atoms with Gasteiger partial charge < -0.3 is 15.2 Å². The van der Waals surface area contributed by atoms with Gasteiger partial charge in [-0.3, -0.25) is 4.79 Å². The average Bonchev–Trinajstić information content (AvgIpc) is 2.27. The Hall–Kier alpha value is -2.04. The number of phenolic OH excluding ortho intramolecular Hbond substituents is 1. The fraction of sp³-hybridized carbons (Fsp3) is 0.385. The van der Waals surface area contributed by atoms with E-state index in [1.807, 2.05) is 0 Å². The number of ether oxygens (including phenoxy) is 1. The molecule has 0 heterocycles. The van der Waals surface area contributed by atoms with Gasteiger partial charge in [0.2, 0.25) is 5.91 Å². The molecule has 0 fully saturated rings. The predicted octanol–water partition coefficient (Wildman–Crippen LogP) is 2.16. The van der Waals surface area contributed by atoms with Crippen LogP contribution < -0.4 is 5.32 Å². The Morgan fingerprint density at radius 3 is 2.33 bits per heavy atom. The molecule has 0 saturated heterocycles. The van der Waals surface area contributed by atoms with Crippen LogP contribution in [0.25, 0.3) is 0 Å². The number of anilines is 1. The van der Waals surface area contributed by atoms with Gasteiger partial charge >= 0.3 is 5.97 Å². The van der Waals surface area contributed by atoms with Crippen molar-refractivity contribution in [2.75, 3.05) is 12.4 Å². The third-order valence-corrected chi connectivity index (χ3v) is 2.34. The van der Waals surface area contributed by atoms with E-state index in [0.29, 0.717) is 5.69 Å². The number of esters is 1. The second kappa shape index (κ2) is 5.08. The minimum Gasteiger partial charge on any atom is -0.507 e. The van der Waals surface area contributed by atoms with E-state index < -0.39 is 11.4 Å². The molecule has 0 saturated carbocycles. The lowest BCUT2D eigenvalue weighted by Crippen LogP contribution is -2.27. The van der Waals surface area contributed by atoms with Crippen molar-refractivity contribution < 1.29 is 19.4 Å². The minimum atomic E-state index is -0.624. The van der Waals surface area contributed by atoms with Crippen LogP contribution in [0.15, 0.2) is 18.2 Å². The predicted molar refractivity (Wildman–Crippen MR) is 67.5 cm³/mol. The molecule has 5 heteroatoms. The number of benzene rings is 1. The molecular weight excluding hydrogens is 234 g/mol. The number of hydrogen-bond donors (Lipinski definition) is 2. The van der Waals surface area contributed by atoms with Crippen LogP contribution in [0, 0.1) is 5.41 Å². The summed E-state index contributed by atoms with van der Waals surface area (Å²) in [6.07, 6.45) is 0. The molecule has 0 spiro atoms. The lowest BCUT2D eigenvalue weighted by Gasteiger charge is -2.17. The maximum Gasteiger partial charge on any atom is 0.341 e. The highest BCUT2D eigenvalue weighted by atomic mass is 16.5.